The van der Waals surface area contributed by atoms with E-state index < -0.39 is 37.8 Å². The van der Waals surface area contributed by atoms with Gasteiger partial charge in [0.1, 0.15) is 5.59 Å². The summed E-state index contributed by atoms with van der Waals surface area (Å²) in [5.74, 6) is 0. The first kappa shape index (κ1) is 6.16. The average molecular weight is 229 g/mol. The fourth-order valence-corrected chi connectivity index (χ4v) is 1.41. The minimum atomic E-state index is -2.75. The summed E-state index contributed by atoms with van der Waals surface area (Å²) in [4.78, 5) is 0. The summed E-state index contributed by atoms with van der Waals surface area (Å²) >= 11 is 0. The van der Waals surface area contributed by atoms with Crippen molar-refractivity contribution < 1.29 is 17.5 Å². The molecule has 6 heteroatoms. The number of rotatable bonds is 1. The smallest absolute Gasteiger partial charge is 0.398 e. The van der Waals surface area contributed by atoms with Crippen LogP contribution in [0, 0.1) is 6.85 Å². The molecule has 16 heavy (non-hydrogen) atoms. The molecule has 0 unspecified atom stereocenters. The molecule has 88 valence electrons. The van der Waals surface area contributed by atoms with Gasteiger partial charge in [-0.25, -0.2) is 0 Å². The van der Waals surface area contributed by atoms with Crippen molar-refractivity contribution in [2.24, 2.45) is 6.98 Å². The molecule has 0 aliphatic carbocycles. The number of hydrogen-bond donors (Lipinski definition) is 0. The van der Waals surface area contributed by atoms with E-state index in [9.17, 15) is 0 Å². The van der Waals surface area contributed by atoms with Crippen LogP contribution in [-0.2, 0) is 16.3 Å². The van der Waals surface area contributed by atoms with Crippen LogP contribution in [-0.4, -0.2) is 33.3 Å². The third-order valence-electron chi connectivity index (χ3n) is 3.17. The maximum atomic E-state index is 7.58. The first-order valence-electron chi connectivity index (χ1n) is 7.99. The van der Waals surface area contributed by atoms with Crippen LogP contribution in [0.5, 0.6) is 0 Å². The lowest BCUT2D eigenvalue weighted by Gasteiger charge is -2.32. The highest BCUT2D eigenvalue weighted by Gasteiger charge is 2.53. The Hall–Kier alpha value is -0.875. The molecule has 0 atom stereocenters. The van der Waals surface area contributed by atoms with E-state index in [1.807, 2.05) is 0 Å². The van der Waals surface area contributed by atoms with Gasteiger partial charge in [0.25, 0.3) is 0 Å². The Balaban J connectivity index is 2.53. The molecule has 1 saturated heterocycles. The van der Waals surface area contributed by atoms with Crippen LogP contribution >= 0.6 is 0 Å². The molecule has 1 aliphatic rings. The van der Waals surface area contributed by atoms with Crippen molar-refractivity contribution in [1.82, 2.24) is 15.0 Å². The average Bonchev–Trinajstić information content (AvgIpc) is 2.77. The zero-order valence-corrected chi connectivity index (χ0v) is 9.74. The lowest BCUT2D eigenvalue weighted by molar-refractivity contribution is 0.00578. The maximum absolute atomic E-state index is 7.58. The predicted molar refractivity (Wildman–Crippen MR) is 61.5 cm³/mol. The highest BCUT2D eigenvalue weighted by molar-refractivity contribution is 6.61. The van der Waals surface area contributed by atoms with Crippen LogP contribution in [0.2, 0.25) is 0 Å². The summed E-state index contributed by atoms with van der Waals surface area (Å²) < 4.78 is 56.9. The van der Waals surface area contributed by atoms with Gasteiger partial charge in [0, 0.05) is 15.2 Å². The highest BCUT2D eigenvalue weighted by atomic mass is 16.7. The van der Waals surface area contributed by atoms with Crippen LogP contribution in [0.4, 0.5) is 0 Å². The molecule has 1 fully saturated rings. The number of hydrogen-bond acceptors (Lipinski definition) is 4. The first-order valence-corrected chi connectivity index (χ1v) is 4.99. The quantitative estimate of drug-likeness (QED) is 0.655. The molecule has 2 rings (SSSR count). The standard InChI is InChI=1S/C10H18BN3O2/c1-7-8(12-13-14(7)6)11-15-9(2,3)10(4,5)16-11/h1-6H3/i1D3,6D3. The van der Waals surface area contributed by atoms with Crippen LogP contribution in [0.1, 0.15) is 41.6 Å². The fraction of sp³-hybridized carbons (Fsp3) is 0.800. The van der Waals surface area contributed by atoms with Gasteiger partial charge < -0.3 is 9.31 Å². The molecule has 0 amide bonds. The molecular weight excluding hydrogens is 205 g/mol. The highest BCUT2D eigenvalue weighted by Crippen LogP contribution is 2.36. The van der Waals surface area contributed by atoms with E-state index in [2.05, 4.69) is 10.3 Å². The van der Waals surface area contributed by atoms with Crippen molar-refractivity contribution >= 4 is 12.7 Å². The monoisotopic (exact) mass is 229 g/mol. The van der Waals surface area contributed by atoms with Crippen molar-refractivity contribution in [2.45, 2.75) is 45.7 Å². The molecule has 2 heterocycles. The van der Waals surface area contributed by atoms with E-state index in [1.54, 1.807) is 27.7 Å². The van der Waals surface area contributed by atoms with Gasteiger partial charge >= 0.3 is 7.12 Å². The van der Waals surface area contributed by atoms with E-state index in [0.717, 1.165) is 0 Å². The Morgan fingerprint density at radius 2 is 1.88 bits per heavy atom. The topological polar surface area (TPSA) is 49.2 Å². The summed E-state index contributed by atoms with van der Waals surface area (Å²) in [5, 5.41) is 7.18. The third kappa shape index (κ3) is 1.56. The van der Waals surface area contributed by atoms with Gasteiger partial charge in [0.05, 0.1) is 16.9 Å². The normalized spacial score (nSPS) is 29.9. The molecule has 1 aromatic rings. The Bertz CT molecular complexity index is 564. The van der Waals surface area contributed by atoms with Crippen molar-refractivity contribution in [3.63, 3.8) is 0 Å². The molecule has 0 bridgehead atoms. The van der Waals surface area contributed by atoms with Crippen LogP contribution < -0.4 is 5.59 Å². The van der Waals surface area contributed by atoms with E-state index in [4.69, 9.17) is 17.5 Å². The van der Waals surface area contributed by atoms with Crippen LogP contribution in [0.25, 0.3) is 0 Å². The molecular formula is C10H18BN3O2. The van der Waals surface area contributed by atoms with Crippen molar-refractivity contribution in [3.8, 4) is 0 Å². The SMILES string of the molecule is [2H]C([2H])([2H])c1c(B2OC(C)(C)C(C)(C)O2)nnn1C([2H])([2H])[2H]. The molecule has 0 aromatic carbocycles. The first-order chi connectivity index (χ1) is 9.67. The Morgan fingerprint density at radius 1 is 1.25 bits per heavy atom. The van der Waals surface area contributed by atoms with Gasteiger partial charge in [0.15, 0.2) is 0 Å². The third-order valence-corrected chi connectivity index (χ3v) is 3.17. The lowest BCUT2D eigenvalue weighted by Crippen LogP contribution is -2.41. The molecule has 0 N–H and O–H groups in total. The second-order valence-corrected chi connectivity index (χ2v) is 4.82. The molecule has 1 aliphatic heterocycles. The van der Waals surface area contributed by atoms with Crippen LogP contribution in [0.15, 0.2) is 0 Å². The van der Waals surface area contributed by atoms with E-state index >= 15 is 0 Å². The van der Waals surface area contributed by atoms with E-state index in [0.29, 0.717) is 4.68 Å². The van der Waals surface area contributed by atoms with Gasteiger partial charge in [-0.05, 0) is 34.5 Å². The minimum Gasteiger partial charge on any atom is -0.398 e. The summed E-state index contributed by atoms with van der Waals surface area (Å²) in [7, 11) is -1.09. The second-order valence-electron chi connectivity index (χ2n) is 4.82. The minimum absolute atomic E-state index is 0.130. The summed E-state index contributed by atoms with van der Waals surface area (Å²) in [6, 6.07) is 0. The zero-order valence-electron chi connectivity index (χ0n) is 15.7. The van der Waals surface area contributed by atoms with Crippen molar-refractivity contribution in [3.05, 3.63) is 5.69 Å². The van der Waals surface area contributed by atoms with Gasteiger partial charge in [-0.3, -0.25) is 4.68 Å². The largest absolute Gasteiger partial charge is 0.518 e. The van der Waals surface area contributed by atoms with Crippen molar-refractivity contribution in [1.29, 1.82) is 0 Å². The number of aryl methyl sites for hydroxylation is 1. The van der Waals surface area contributed by atoms with E-state index in [-0.39, 0.29) is 5.59 Å². The van der Waals surface area contributed by atoms with Gasteiger partial charge in [0.2, 0.25) is 0 Å². The molecule has 0 spiro atoms. The lowest BCUT2D eigenvalue weighted by atomic mass is 9.83. The molecule has 0 saturated carbocycles. The summed E-state index contributed by atoms with van der Waals surface area (Å²) in [6.07, 6.45) is 0. The van der Waals surface area contributed by atoms with Gasteiger partial charge in [-0.2, -0.15) is 0 Å². The Morgan fingerprint density at radius 3 is 2.38 bits per heavy atom. The molecule has 0 radical (unpaired) electrons. The Kier molecular flexibility index (Phi) is 1.27. The summed E-state index contributed by atoms with van der Waals surface area (Å²) in [5.41, 5.74) is -2.03. The van der Waals surface area contributed by atoms with E-state index in [1.165, 1.54) is 0 Å². The number of nitrogens with zero attached hydrogens (tertiary/aromatic N) is 3. The predicted octanol–water partition coefficient (Wildman–Crippen LogP) is 0.423. The maximum Gasteiger partial charge on any atom is 0.518 e. The van der Waals surface area contributed by atoms with Gasteiger partial charge in [-0.15, -0.1) is 5.10 Å². The summed E-state index contributed by atoms with van der Waals surface area (Å²) in [6.45, 7) is 1.74. The second kappa shape index (κ2) is 3.31. The molecule has 5 nitrogen and oxygen atoms in total. The zero-order chi connectivity index (χ0) is 17.1. The van der Waals surface area contributed by atoms with Crippen LogP contribution in [0.3, 0.4) is 0 Å². The van der Waals surface area contributed by atoms with Gasteiger partial charge in [-0.1, -0.05) is 5.21 Å². The fourth-order valence-electron chi connectivity index (χ4n) is 1.41. The van der Waals surface area contributed by atoms with Crippen molar-refractivity contribution in [2.75, 3.05) is 0 Å². The number of aromatic nitrogens is 3. The Labute approximate surface area is 105 Å². The molecule has 1 aromatic heterocycles.